The number of benzene rings is 1. The van der Waals surface area contributed by atoms with Crippen LogP contribution in [0.15, 0.2) is 24.3 Å². The van der Waals surface area contributed by atoms with Crippen molar-refractivity contribution in [3.05, 3.63) is 35.6 Å². The topological polar surface area (TPSA) is 44.8 Å². The zero-order valence-corrected chi connectivity index (χ0v) is 15.4. The summed E-state index contributed by atoms with van der Waals surface area (Å²) in [6.45, 7) is 5.48. The van der Waals surface area contributed by atoms with Gasteiger partial charge < -0.3 is 10.1 Å². The Labute approximate surface area is 154 Å². The number of amides is 1. The molecule has 4 atom stereocenters. The summed E-state index contributed by atoms with van der Waals surface area (Å²) in [5.74, 6) is -0.0723. The van der Waals surface area contributed by atoms with Gasteiger partial charge in [-0.25, -0.2) is 4.39 Å². The molecule has 4 rings (SSSR count). The maximum absolute atomic E-state index is 13.7. The van der Waals surface area contributed by atoms with Crippen LogP contribution >= 0.6 is 0 Å². The number of halogens is 1. The number of nitrogens with one attached hydrogen (secondary N) is 1. The number of hydrogen-bond donors (Lipinski definition) is 1. The molecule has 1 N–H and O–H groups in total. The first-order valence-electron chi connectivity index (χ1n) is 9.76. The maximum Gasteiger partial charge on any atom is 0.222 e. The molecule has 5 nitrogen and oxygen atoms in total. The third-order valence-electron chi connectivity index (χ3n) is 6.06. The van der Waals surface area contributed by atoms with Crippen LogP contribution in [0.1, 0.15) is 44.2 Å². The number of nitrogens with zero attached hydrogens (tertiary/aromatic N) is 2. The molecule has 142 valence electrons. The molecule has 0 bridgehead atoms. The first-order chi connectivity index (χ1) is 12.6. The van der Waals surface area contributed by atoms with Crippen molar-refractivity contribution in [3.63, 3.8) is 0 Å². The molecular formula is C20H28FN3O2. The van der Waals surface area contributed by atoms with E-state index in [0.29, 0.717) is 12.5 Å². The van der Waals surface area contributed by atoms with Gasteiger partial charge in [0.1, 0.15) is 5.82 Å². The summed E-state index contributed by atoms with van der Waals surface area (Å²) in [4.78, 5) is 17.2. The molecule has 1 aromatic carbocycles. The number of rotatable bonds is 3. The number of carbonyl (C=O) groups is 1. The molecule has 3 aliphatic heterocycles. The maximum atomic E-state index is 13.7. The first-order valence-corrected chi connectivity index (χ1v) is 9.76. The average Bonchev–Trinajstić information content (AvgIpc) is 3.11. The Morgan fingerprint density at radius 2 is 2.15 bits per heavy atom. The molecule has 26 heavy (non-hydrogen) atoms. The second-order valence-electron chi connectivity index (χ2n) is 7.79. The van der Waals surface area contributed by atoms with Gasteiger partial charge in [0.25, 0.3) is 0 Å². The second-order valence-corrected chi connectivity index (χ2v) is 7.79. The van der Waals surface area contributed by atoms with Crippen molar-refractivity contribution >= 4 is 5.91 Å². The third kappa shape index (κ3) is 3.63. The molecule has 0 aliphatic carbocycles. The Morgan fingerprint density at radius 1 is 1.27 bits per heavy atom. The van der Waals surface area contributed by atoms with E-state index in [0.717, 1.165) is 51.1 Å². The summed E-state index contributed by atoms with van der Waals surface area (Å²) in [5, 5.41) is 3.19. The summed E-state index contributed by atoms with van der Waals surface area (Å²) < 4.78 is 19.2. The molecule has 0 aromatic heterocycles. The summed E-state index contributed by atoms with van der Waals surface area (Å²) in [6, 6.07) is 7.67. The van der Waals surface area contributed by atoms with Crippen molar-refractivity contribution < 1.29 is 13.9 Å². The van der Waals surface area contributed by atoms with E-state index in [2.05, 4.69) is 22.0 Å². The van der Waals surface area contributed by atoms with Crippen LogP contribution in [0.4, 0.5) is 4.39 Å². The van der Waals surface area contributed by atoms with Crippen LogP contribution in [0.2, 0.25) is 0 Å². The van der Waals surface area contributed by atoms with Crippen molar-refractivity contribution in [2.45, 2.75) is 56.9 Å². The second kappa shape index (κ2) is 7.62. The van der Waals surface area contributed by atoms with Crippen molar-refractivity contribution in [2.75, 3.05) is 26.3 Å². The van der Waals surface area contributed by atoms with Gasteiger partial charge in [0.2, 0.25) is 5.91 Å². The molecule has 0 spiro atoms. The molecule has 3 fully saturated rings. The highest BCUT2D eigenvalue weighted by Gasteiger charge is 2.39. The Kier molecular flexibility index (Phi) is 5.25. The van der Waals surface area contributed by atoms with Crippen LogP contribution in [-0.4, -0.2) is 60.3 Å². The van der Waals surface area contributed by atoms with E-state index in [4.69, 9.17) is 4.74 Å². The Bertz CT molecular complexity index is 656. The van der Waals surface area contributed by atoms with Gasteiger partial charge in [-0.1, -0.05) is 12.1 Å². The predicted octanol–water partition coefficient (Wildman–Crippen LogP) is 2.29. The van der Waals surface area contributed by atoms with Gasteiger partial charge in [-0.05, 0) is 43.9 Å². The SMILES string of the molecule is C[C@@H]1COCCN1C1CC(=O)NC(N2CCC[C@@H]2c2cccc(F)c2)C1. The quantitative estimate of drug-likeness (QED) is 0.897. The highest BCUT2D eigenvalue weighted by Crippen LogP contribution is 2.36. The summed E-state index contributed by atoms with van der Waals surface area (Å²) >= 11 is 0. The molecule has 0 saturated carbocycles. The lowest BCUT2D eigenvalue weighted by Crippen LogP contribution is -2.59. The number of morpholine rings is 1. The normalized spacial score (nSPS) is 34.0. The number of piperidine rings is 1. The highest BCUT2D eigenvalue weighted by molar-refractivity contribution is 5.77. The van der Waals surface area contributed by atoms with E-state index < -0.39 is 0 Å². The van der Waals surface area contributed by atoms with Gasteiger partial charge >= 0.3 is 0 Å². The zero-order valence-electron chi connectivity index (χ0n) is 15.4. The minimum atomic E-state index is -0.193. The highest BCUT2D eigenvalue weighted by atomic mass is 19.1. The van der Waals surface area contributed by atoms with Crippen molar-refractivity contribution in [1.29, 1.82) is 0 Å². The zero-order chi connectivity index (χ0) is 18.1. The minimum absolute atomic E-state index is 0.0204. The van der Waals surface area contributed by atoms with E-state index in [1.165, 1.54) is 6.07 Å². The van der Waals surface area contributed by atoms with Crippen molar-refractivity contribution in [3.8, 4) is 0 Å². The number of ether oxygens (including phenoxy) is 1. The van der Waals surface area contributed by atoms with E-state index in [9.17, 15) is 9.18 Å². The van der Waals surface area contributed by atoms with E-state index in [-0.39, 0.29) is 30.0 Å². The molecule has 6 heteroatoms. The fraction of sp³-hybridized carbons (Fsp3) is 0.650. The molecule has 3 aliphatic rings. The molecular weight excluding hydrogens is 333 g/mol. The molecule has 0 radical (unpaired) electrons. The van der Waals surface area contributed by atoms with Crippen LogP contribution in [0.3, 0.4) is 0 Å². The first kappa shape index (κ1) is 17.9. The lowest BCUT2D eigenvalue weighted by molar-refractivity contribution is -0.130. The third-order valence-corrected chi connectivity index (χ3v) is 6.06. The van der Waals surface area contributed by atoms with Gasteiger partial charge in [0.15, 0.2) is 0 Å². The summed E-state index contributed by atoms with van der Waals surface area (Å²) in [6.07, 6.45) is 3.58. The smallest absolute Gasteiger partial charge is 0.222 e. The van der Waals surface area contributed by atoms with Gasteiger partial charge in [0.05, 0.1) is 19.4 Å². The summed E-state index contributed by atoms with van der Waals surface area (Å²) in [5.41, 5.74) is 1.01. The van der Waals surface area contributed by atoms with Crippen LogP contribution < -0.4 is 5.32 Å². The molecule has 3 saturated heterocycles. The van der Waals surface area contributed by atoms with Gasteiger partial charge in [-0.2, -0.15) is 0 Å². The van der Waals surface area contributed by atoms with Gasteiger partial charge in [-0.3, -0.25) is 14.6 Å². The average molecular weight is 361 g/mol. The van der Waals surface area contributed by atoms with Crippen LogP contribution in [0.25, 0.3) is 0 Å². The number of likely N-dealkylation sites (tertiary alicyclic amines) is 1. The fourth-order valence-corrected chi connectivity index (χ4v) is 4.85. The Morgan fingerprint density at radius 3 is 2.96 bits per heavy atom. The molecule has 1 amide bonds. The summed E-state index contributed by atoms with van der Waals surface area (Å²) in [7, 11) is 0. The Balaban J connectivity index is 1.51. The number of carbonyl (C=O) groups excluding carboxylic acids is 1. The lowest BCUT2D eigenvalue weighted by atomic mass is 9.97. The number of hydrogen-bond acceptors (Lipinski definition) is 4. The minimum Gasteiger partial charge on any atom is -0.379 e. The standard InChI is InChI=1S/C20H28FN3O2/c1-14-13-26-9-8-23(14)17-11-19(22-20(25)12-17)24-7-3-6-18(24)15-4-2-5-16(21)10-15/h2,4-5,10,14,17-19H,3,6-9,11-13H2,1H3,(H,22,25)/t14-,17?,18-,19?/m1/s1. The fourth-order valence-electron chi connectivity index (χ4n) is 4.85. The van der Waals surface area contributed by atoms with Crippen molar-refractivity contribution in [1.82, 2.24) is 15.1 Å². The van der Waals surface area contributed by atoms with Crippen LogP contribution in [0, 0.1) is 5.82 Å². The lowest BCUT2D eigenvalue weighted by Gasteiger charge is -2.45. The van der Waals surface area contributed by atoms with E-state index in [1.54, 1.807) is 12.1 Å². The molecule has 3 heterocycles. The van der Waals surface area contributed by atoms with Crippen molar-refractivity contribution in [2.24, 2.45) is 0 Å². The molecule has 2 unspecified atom stereocenters. The van der Waals surface area contributed by atoms with E-state index >= 15 is 0 Å². The monoisotopic (exact) mass is 361 g/mol. The Hall–Kier alpha value is -1.50. The van der Waals surface area contributed by atoms with Crippen LogP contribution in [0.5, 0.6) is 0 Å². The van der Waals surface area contributed by atoms with E-state index in [1.807, 2.05) is 6.07 Å². The van der Waals surface area contributed by atoms with Crippen LogP contribution in [-0.2, 0) is 9.53 Å². The van der Waals surface area contributed by atoms with Gasteiger partial charge in [0, 0.05) is 37.6 Å². The predicted molar refractivity (Wildman–Crippen MR) is 97.0 cm³/mol. The molecule has 1 aromatic rings. The van der Waals surface area contributed by atoms with Gasteiger partial charge in [-0.15, -0.1) is 0 Å². The largest absolute Gasteiger partial charge is 0.379 e.